The summed E-state index contributed by atoms with van der Waals surface area (Å²) in [6.07, 6.45) is 0. The van der Waals surface area contributed by atoms with Gasteiger partial charge in [-0.3, -0.25) is 0 Å². The Hall–Kier alpha value is -7.68. The number of rotatable bonds is 5. The fourth-order valence-corrected chi connectivity index (χ4v) is 11.5. The van der Waals surface area contributed by atoms with Crippen LogP contribution in [0.3, 0.4) is 0 Å². The summed E-state index contributed by atoms with van der Waals surface area (Å²) >= 11 is 0. The van der Waals surface area contributed by atoms with E-state index in [-0.39, 0.29) is 10.8 Å². The maximum atomic E-state index is 6.42. The Morgan fingerprint density at radius 3 is 1.59 bits per heavy atom. The van der Waals surface area contributed by atoms with Crippen molar-refractivity contribution in [1.82, 2.24) is 0 Å². The van der Waals surface area contributed by atoms with Gasteiger partial charge in [0, 0.05) is 38.7 Å². The minimum absolute atomic E-state index is 0.157. The third-order valence-corrected chi connectivity index (χ3v) is 14.6. The van der Waals surface area contributed by atoms with Crippen molar-refractivity contribution in [2.45, 2.75) is 38.5 Å². The minimum Gasteiger partial charge on any atom is -0.456 e. The summed E-state index contributed by atoms with van der Waals surface area (Å²) < 4.78 is 6.42. The largest absolute Gasteiger partial charge is 0.456 e. The van der Waals surface area contributed by atoms with Gasteiger partial charge in [0.05, 0.1) is 0 Å². The number of furan rings is 1. The summed E-state index contributed by atoms with van der Waals surface area (Å²) in [6.45, 7) is 9.53. The minimum atomic E-state index is -0.232. The SMILES string of the molecule is CC1(C)c2cc(N(c3ccc(-c4ccc(-c5ccccc5)cc4)cc3)c3ccc4c5c(ccc4c3)-c3ccc4ccccc4c3C5(C)C)ccc2-c2cc3c(cc21)oc1ccccc13. The molecule has 0 spiro atoms. The second kappa shape index (κ2) is 13.4. The number of anilines is 3. The van der Waals surface area contributed by atoms with Gasteiger partial charge in [0.15, 0.2) is 0 Å². The number of para-hydroxylation sites is 1. The van der Waals surface area contributed by atoms with Crippen LogP contribution in [0.2, 0.25) is 0 Å². The molecule has 2 aliphatic rings. The molecule has 2 nitrogen and oxygen atoms in total. The second-order valence-electron chi connectivity index (χ2n) is 18.9. The average Bonchev–Trinajstić information content (AvgIpc) is 3.90. The maximum absolute atomic E-state index is 6.42. The van der Waals surface area contributed by atoms with Gasteiger partial charge in [-0.05, 0) is 143 Å². The van der Waals surface area contributed by atoms with Crippen molar-refractivity contribution < 1.29 is 4.42 Å². The number of benzene rings is 10. The zero-order valence-electron chi connectivity index (χ0n) is 36.4. The lowest BCUT2D eigenvalue weighted by Gasteiger charge is -2.29. The first-order chi connectivity index (χ1) is 31.2. The third-order valence-electron chi connectivity index (χ3n) is 14.6. The van der Waals surface area contributed by atoms with Crippen molar-refractivity contribution in [2.24, 2.45) is 0 Å². The first kappa shape index (κ1) is 36.9. The van der Waals surface area contributed by atoms with E-state index in [1.54, 1.807) is 0 Å². The van der Waals surface area contributed by atoms with E-state index in [0.717, 1.165) is 33.6 Å². The van der Waals surface area contributed by atoms with E-state index >= 15 is 0 Å². The Bertz CT molecular complexity index is 3700. The van der Waals surface area contributed by atoms with Crippen LogP contribution in [0, 0.1) is 0 Å². The molecule has 0 atom stereocenters. The second-order valence-corrected chi connectivity index (χ2v) is 18.9. The molecule has 0 radical (unpaired) electrons. The van der Waals surface area contributed by atoms with Crippen LogP contribution >= 0.6 is 0 Å². The Kier molecular flexibility index (Phi) is 7.74. The molecule has 1 heterocycles. The van der Waals surface area contributed by atoms with Crippen LogP contribution in [-0.4, -0.2) is 0 Å². The van der Waals surface area contributed by atoms with Gasteiger partial charge in [-0.1, -0.05) is 173 Å². The number of hydrogen-bond acceptors (Lipinski definition) is 2. The molecule has 0 saturated carbocycles. The van der Waals surface area contributed by atoms with E-state index in [0.29, 0.717) is 0 Å². The molecule has 0 bridgehead atoms. The molecule has 0 fully saturated rings. The molecule has 2 aliphatic carbocycles. The van der Waals surface area contributed by atoms with Crippen molar-refractivity contribution in [2.75, 3.05) is 4.90 Å². The van der Waals surface area contributed by atoms with Crippen LogP contribution in [0.5, 0.6) is 0 Å². The first-order valence-electron chi connectivity index (χ1n) is 22.5. The van der Waals surface area contributed by atoms with Crippen LogP contribution < -0.4 is 4.90 Å². The highest BCUT2D eigenvalue weighted by Gasteiger charge is 2.39. The molecule has 304 valence electrons. The number of fused-ring (bicyclic) bond motifs is 13. The van der Waals surface area contributed by atoms with Gasteiger partial charge in [0.25, 0.3) is 0 Å². The van der Waals surface area contributed by atoms with E-state index in [1.165, 1.54) is 93.7 Å². The topological polar surface area (TPSA) is 16.4 Å². The zero-order valence-corrected chi connectivity index (χ0v) is 36.4. The zero-order chi connectivity index (χ0) is 42.9. The van der Waals surface area contributed by atoms with Gasteiger partial charge in [-0.15, -0.1) is 0 Å². The molecule has 1 aromatic heterocycles. The molecule has 64 heavy (non-hydrogen) atoms. The highest BCUT2D eigenvalue weighted by molar-refractivity contribution is 6.08. The Balaban J connectivity index is 0.944. The standard InChI is InChI=1S/C62H45NO/c1-61(2)55-35-46(29-33-49(55)53-36-54-50-16-10-11-17-57(50)64-58(54)37-56(53)61)63(44-26-22-41(23-27-44)40-20-18-39(19-21-40)38-12-6-5-7-13-38)45-28-32-48-43(34-45)25-31-52-51-30-24-42-14-8-9-15-47(42)59(51)62(3,4)60(48)52/h5-37H,1-4H3. The highest BCUT2D eigenvalue weighted by Crippen LogP contribution is 2.55. The lowest BCUT2D eigenvalue weighted by molar-refractivity contribution is 0.647. The molecular weight excluding hydrogens is 775 g/mol. The molecule has 0 saturated heterocycles. The van der Waals surface area contributed by atoms with Gasteiger partial charge in [-0.25, -0.2) is 0 Å². The summed E-state index contributed by atoms with van der Waals surface area (Å²) in [6, 6.07) is 74.0. The fraction of sp³-hybridized carbons (Fsp3) is 0.0968. The summed E-state index contributed by atoms with van der Waals surface area (Å²) in [5.41, 5.74) is 20.4. The predicted octanol–water partition coefficient (Wildman–Crippen LogP) is 17.3. The Morgan fingerprint density at radius 1 is 0.328 bits per heavy atom. The average molecular weight is 820 g/mol. The molecule has 0 unspecified atom stereocenters. The van der Waals surface area contributed by atoms with Crippen molar-refractivity contribution in [1.29, 1.82) is 0 Å². The maximum Gasteiger partial charge on any atom is 0.135 e. The summed E-state index contributed by atoms with van der Waals surface area (Å²) in [7, 11) is 0. The van der Waals surface area contributed by atoms with Crippen molar-refractivity contribution in [3.8, 4) is 44.5 Å². The lowest BCUT2D eigenvalue weighted by atomic mass is 9.78. The van der Waals surface area contributed by atoms with Crippen molar-refractivity contribution in [3.05, 3.63) is 222 Å². The third kappa shape index (κ3) is 5.32. The van der Waals surface area contributed by atoms with Crippen LogP contribution in [0.15, 0.2) is 205 Å². The van der Waals surface area contributed by atoms with E-state index in [4.69, 9.17) is 4.42 Å². The monoisotopic (exact) mass is 819 g/mol. The quantitative estimate of drug-likeness (QED) is 0.172. The van der Waals surface area contributed by atoms with Gasteiger partial charge >= 0.3 is 0 Å². The smallest absolute Gasteiger partial charge is 0.135 e. The molecular formula is C62H45NO. The molecule has 0 aliphatic heterocycles. The van der Waals surface area contributed by atoms with Crippen molar-refractivity contribution >= 4 is 60.5 Å². The van der Waals surface area contributed by atoms with E-state index < -0.39 is 0 Å². The van der Waals surface area contributed by atoms with Crippen LogP contribution in [0.1, 0.15) is 49.9 Å². The van der Waals surface area contributed by atoms with Crippen LogP contribution in [-0.2, 0) is 10.8 Å². The van der Waals surface area contributed by atoms with E-state index in [1.807, 2.05) is 6.07 Å². The molecule has 10 aromatic carbocycles. The molecule has 0 N–H and O–H groups in total. The van der Waals surface area contributed by atoms with E-state index in [9.17, 15) is 0 Å². The summed E-state index contributed by atoms with van der Waals surface area (Å²) in [4.78, 5) is 2.45. The summed E-state index contributed by atoms with van der Waals surface area (Å²) in [5, 5.41) is 7.51. The van der Waals surface area contributed by atoms with Crippen molar-refractivity contribution in [3.63, 3.8) is 0 Å². The highest BCUT2D eigenvalue weighted by atomic mass is 16.3. The van der Waals surface area contributed by atoms with Gasteiger partial charge in [-0.2, -0.15) is 0 Å². The fourth-order valence-electron chi connectivity index (χ4n) is 11.5. The van der Waals surface area contributed by atoms with Crippen LogP contribution in [0.25, 0.3) is 88.0 Å². The van der Waals surface area contributed by atoms with Crippen LogP contribution in [0.4, 0.5) is 17.1 Å². The molecule has 11 aromatic rings. The number of nitrogens with zero attached hydrogens (tertiary/aromatic N) is 1. The van der Waals surface area contributed by atoms with Gasteiger partial charge < -0.3 is 9.32 Å². The Labute approximate surface area is 373 Å². The van der Waals surface area contributed by atoms with E-state index in [2.05, 4.69) is 227 Å². The molecule has 0 amide bonds. The lowest BCUT2D eigenvalue weighted by Crippen LogP contribution is -2.17. The Morgan fingerprint density at radius 2 is 0.859 bits per heavy atom. The summed E-state index contributed by atoms with van der Waals surface area (Å²) in [5.74, 6) is 0. The molecule has 2 heteroatoms. The number of hydrogen-bond donors (Lipinski definition) is 0. The van der Waals surface area contributed by atoms with Gasteiger partial charge in [0.1, 0.15) is 11.2 Å². The molecule has 13 rings (SSSR count). The first-order valence-corrected chi connectivity index (χ1v) is 22.5. The van der Waals surface area contributed by atoms with Gasteiger partial charge in [0.2, 0.25) is 0 Å². The predicted molar refractivity (Wildman–Crippen MR) is 269 cm³/mol. The normalized spacial score (nSPS) is 14.2.